The number of carboxylic acids is 1. The zero-order valence-electron chi connectivity index (χ0n) is 12.8. The van der Waals surface area contributed by atoms with Crippen LogP contribution in [-0.2, 0) is 17.8 Å². The van der Waals surface area contributed by atoms with E-state index in [9.17, 15) is 14.3 Å². The van der Waals surface area contributed by atoms with Gasteiger partial charge in [0.25, 0.3) is 0 Å². The van der Waals surface area contributed by atoms with Crippen molar-refractivity contribution in [1.82, 2.24) is 5.32 Å². The van der Waals surface area contributed by atoms with Crippen LogP contribution in [0.25, 0.3) is 0 Å². The molecule has 2 aromatic carbocycles. The Bertz CT molecular complexity index is 732. The largest absolute Gasteiger partial charge is 0.494 e. The molecule has 0 aliphatic heterocycles. The molecule has 0 amide bonds. The van der Waals surface area contributed by atoms with E-state index in [1.807, 2.05) is 24.3 Å². The lowest BCUT2D eigenvalue weighted by Crippen LogP contribution is -2.30. The molecule has 0 bridgehead atoms. The summed E-state index contributed by atoms with van der Waals surface area (Å²) in [5, 5.41) is 12.7. The van der Waals surface area contributed by atoms with E-state index in [0.29, 0.717) is 12.0 Å². The monoisotopic (exact) mass is 315 g/mol. The Morgan fingerprint density at radius 3 is 2.83 bits per heavy atom. The van der Waals surface area contributed by atoms with Gasteiger partial charge in [-0.3, -0.25) is 4.79 Å². The van der Waals surface area contributed by atoms with Crippen LogP contribution in [0.5, 0.6) is 5.75 Å². The molecule has 1 aliphatic carbocycles. The van der Waals surface area contributed by atoms with Crippen LogP contribution in [-0.4, -0.2) is 18.2 Å². The van der Waals surface area contributed by atoms with Gasteiger partial charge in [-0.15, -0.1) is 0 Å². The lowest BCUT2D eigenvalue weighted by Gasteiger charge is -2.19. The quantitative estimate of drug-likeness (QED) is 0.891. The number of halogens is 1. The van der Waals surface area contributed by atoms with Crippen molar-refractivity contribution in [1.29, 1.82) is 0 Å². The van der Waals surface area contributed by atoms with Crippen LogP contribution in [0.15, 0.2) is 42.5 Å². The summed E-state index contributed by atoms with van der Waals surface area (Å²) in [6, 6.07) is 12.3. The molecule has 0 radical (unpaired) electrons. The smallest absolute Gasteiger partial charge is 0.308 e. The average Bonchev–Trinajstić information content (AvgIpc) is 2.93. The summed E-state index contributed by atoms with van der Waals surface area (Å²) in [5.74, 6) is -1.61. The van der Waals surface area contributed by atoms with Crippen LogP contribution in [0, 0.1) is 11.7 Å². The molecule has 1 aliphatic rings. The zero-order valence-corrected chi connectivity index (χ0v) is 12.8. The normalized spacial score (nSPS) is 19.4. The van der Waals surface area contributed by atoms with E-state index in [1.54, 1.807) is 18.2 Å². The van der Waals surface area contributed by atoms with Gasteiger partial charge in [-0.05, 0) is 23.6 Å². The Morgan fingerprint density at radius 2 is 2.09 bits per heavy atom. The number of methoxy groups -OCH3 is 1. The molecule has 120 valence electrons. The molecule has 0 heterocycles. The SMILES string of the molecule is COc1cccc(CN[C@H]2c3ccccc3C[C@H]2C(=O)O)c1F. The van der Waals surface area contributed by atoms with Gasteiger partial charge in [0.2, 0.25) is 0 Å². The van der Waals surface area contributed by atoms with E-state index in [1.165, 1.54) is 7.11 Å². The number of carbonyl (C=O) groups is 1. The Morgan fingerprint density at radius 1 is 1.30 bits per heavy atom. The van der Waals surface area contributed by atoms with Crippen molar-refractivity contribution in [3.8, 4) is 5.75 Å². The van der Waals surface area contributed by atoms with Gasteiger partial charge in [0.05, 0.1) is 13.0 Å². The van der Waals surface area contributed by atoms with Gasteiger partial charge in [-0.25, -0.2) is 4.39 Å². The van der Waals surface area contributed by atoms with Crippen LogP contribution in [0.3, 0.4) is 0 Å². The van der Waals surface area contributed by atoms with Gasteiger partial charge in [0.1, 0.15) is 0 Å². The predicted molar refractivity (Wildman–Crippen MR) is 83.8 cm³/mol. The first-order valence-electron chi connectivity index (χ1n) is 7.47. The second kappa shape index (κ2) is 6.38. The zero-order chi connectivity index (χ0) is 16.4. The maximum atomic E-state index is 14.2. The lowest BCUT2D eigenvalue weighted by molar-refractivity contribution is -0.142. The summed E-state index contributed by atoms with van der Waals surface area (Å²) in [6.45, 7) is 0.242. The summed E-state index contributed by atoms with van der Waals surface area (Å²) in [7, 11) is 1.42. The average molecular weight is 315 g/mol. The molecule has 2 atom stereocenters. The van der Waals surface area contributed by atoms with Gasteiger partial charge < -0.3 is 15.2 Å². The minimum absolute atomic E-state index is 0.186. The highest BCUT2D eigenvalue weighted by atomic mass is 19.1. The van der Waals surface area contributed by atoms with Gasteiger partial charge in [-0.1, -0.05) is 36.4 Å². The van der Waals surface area contributed by atoms with Crippen LogP contribution >= 0.6 is 0 Å². The van der Waals surface area contributed by atoms with E-state index >= 15 is 0 Å². The first-order valence-corrected chi connectivity index (χ1v) is 7.47. The van der Waals surface area contributed by atoms with E-state index in [0.717, 1.165) is 11.1 Å². The maximum Gasteiger partial charge on any atom is 0.308 e. The van der Waals surface area contributed by atoms with E-state index in [2.05, 4.69) is 5.32 Å². The molecule has 2 aromatic rings. The Hall–Kier alpha value is -2.40. The van der Waals surface area contributed by atoms with Gasteiger partial charge in [0.15, 0.2) is 11.6 Å². The van der Waals surface area contributed by atoms with Crippen molar-refractivity contribution in [3.05, 3.63) is 65.0 Å². The Labute approximate surface area is 133 Å². The fraction of sp³-hybridized carbons (Fsp3) is 0.278. The molecular weight excluding hydrogens is 297 g/mol. The fourth-order valence-electron chi connectivity index (χ4n) is 3.15. The summed E-state index contributed by atoms with van der Waals surface area (Å²) < 4.78 is 19.2. The van der Waals surface area contributed by atoms with Crippen molar-refractivity contribution < 1.29 is 19.0 Å². The number of nitrogens with one attached hydrogen (secondary N) is 1. The number of benzene rings is 2. The van der Waals surface area contributed by atoms with Crippen molar-refractivity contribution in [3.63, 3.8) is 0 Å². The predicted octanol–water partition coefficient (Wildman–Crippen LogP) is 2.92. The number of fused-ring (bicyclic) bond motifs is 1. The minimum atomic E-state index is -0.843. The summed E-state index contributed by atoms with van der Waals surface area (Å²) in [5.41, 5.74) is 2.46. The Balaban J connectivity index is 1.82. The van der Waals surface area contributed by atoms with Crippen LogP contribution in [0.1, 0.15) is 22.7 Å². The number of hydrogen-bond donors (Lipinski definition) is 2. The molecule has 3 rings (SSSR count). The van der Waals surface area contributed by atoms with Crippen LogP contribution in [0.2, 0.25) is 0 Å². The number of aliphatic carboxylic acids is 1. The highest BCUT2D eigenvalue weighted by Gasteiger charge is 2.36. The van der Waals surface area contributed by atoms with Gasteiger partial charge >= 0.3 is 5.97 Å². The first-order chi connectivity index (χ1) is 11.1. The molecule has 0 aromatic heterocycles. The summed E-state index contributed by atoms with van der Waals surface area (Å²) in [4.78, 5) is 11.5. The maximum absolute atomic E-state index is 14.2. The van der Waals surface area contributed by atoms with Crippen molar-refractivity contribution >= 4 is 5.97 Å². The van der Waals surface area contributed by atoms with Crippen LogP contribution in [0.4, 0.5) is 4.39 Å². The van der Waals surface area contributed by atoms with Crippen molar-refractivity contribution in [2.24, 2.45) is 5.92 Å². The summed E-state index contributed by atoms with van der Waals surface area (Å²) in [6.07, 6.45) is 0.490. The molecule has 0 saturated carbocycles. The second-order valence-electron chi connectivity index (χ2n) is 5.64. The van der Waals surface area contributed by atoms with E-state index in [4.69, 9.17) is 4.74 Å². The number of ether oxygens (including phenoxy) is 1. The fourth-order valence-corrected chi connectivity index (χ4v) is 3.15. The third kappa shape index (κ3) is 2.92. The molecule has 2 N–H and O–H groups in total. The van der Waals surface area contributed by atoms with E-state index in [-0.39, 0.29) is 18.3 Å². The third-order valence-corrected chi connectivity index (χ3v) is 4.33. The van der Waals surface area contributed by atoms with Gasteiger partial charge in [-0.2, -0.15) is 0 Å². The van der Waals surface area contributed by atoms with E-state index < -0.39 is 17.7 Å². The molecule has 0 fully saturated rings. The molecule has 23 heavy (non-hydrogen) atoms. The van der Waals surface area contributed by atoms with Crippen molar-refractivity contribution in [2.45, 2.75) is 19.0 Å². The first kappa shape index (κ1) is 15.5. The topological polar surface area (TPSA) is 58.6 Å². The lowest BCUT2D eigenvalue weighted by atomic mass is 10.0. The standard InChI is InChI=1S/C18H18FNO3/c1-23-15-8-4-6-12(16(15)19)10-20-17-13-7-3-2-5-11(13)9-14(17)18(21)22/h2-8,14,17,20H,9-10H2,1H3,(H,21,22)/t14-,17+/m1/s1. The molecule has 4 nitrogen and oxygen atoms in total. The number of carboxylic acid groups (broad SMARTS) is 1. The third-order valence-electron chi connectivity index (χ3n) is 4.33. The van der Waals surface area contributed by atoms with Crippen molar-refractivity contribution in [2.75, 3.05) is 7.11 Å². The second-order valence-corrected chi connectivity index (χ2v) is 5.64. The molecule has 0 saturated heterocycles. The molecule has 5 heteroatoms. The van der Waals surface area contributed by atoms with Crippen LogP contribution < -0.4 is 10.1 Å². The number of hydrogen-bond acceptors (Lipinski definition) is 3. The minimum Gasteiger partial charge on any atom is -0.494 e. The molecule has 0 unspecified atom stereocenters. The Kier molecular flexibility index (Phi) is 4.30. The molecular formula is C18H18FNO3. The summed E-state index contributed by atoms with van der Waals surface area (Å²) >= 11 is 0. The number of rotatable bonds is 5. The molecule has 0 spiro atoms. The highest BCUT2D eigenvalue weighted by Crippen LogP contribution is 2.36. The van der Waals surface area contributed by atoms with Gasteiger partial charge in [0, 0.05) is 18.2 Å². The highest BCUT2D eigenvalue weighted by molar-refractivity contribution is 5.73.